The number of carbonyl (C=O) groups is 2. The van der Waals surface area contributed by atoms with Crippen LogP contribution in [0.3, 0.4) is 0 Å². The van der Waals surface area contributed by atoms with Crippen LogP contribution >= 0.6 is 0 Å². The Morgan fingerprint density at radius 2 is 1.71 bits per heavy atom. The van der Waals surface area contributed by atoms with Crippen LogP contribution < -0.4 is 10.2 Å². The summed E-state index contributed by atoms with van der Waals surface area (Å²) in [7, 11) is 0. The third kappa shape index (κ3) is 3.83. The van der Waals surface area contributed by atoms with Crippen molar-refractivity contribution in [3.63, 3.8) is 0 Å². The van der Waals surface area contributed by atoms with Gasteiger partial charge in [-0.1, -0.05) is 18.6 Å². The lowest BCUT2D eigenvalue weighted by Gasteiger charge is -2.19. The Balaban J connectivity index is 1.35. The summed E-state index contributed by atoms with van der Waals surface area (Å²) >= 11 is 0. The summed E-state index contributed by atoms with van der Waals surface area (Å²) in [6.45, 7) is 1.60. The number of nitrogens with zero attached hydrogens (tertiary/aromatic N) is 4. The number of amides is 2. The summed E-state index contributed by atoms with van der Waals surface area (Å²) in [6, 6.07) is 15.0. The number of anilines is 2. The summed E-state index contributed by atoms with van der Waals surface area (Å²) in [4.78, 5) is 26.8. The highest BCUT2D eigenvalue weighted by Crippen LogP contribution is 2.27. The van der Waals surface area contributed by atoms with Gasteiger partial charge in [0.05, 0.1) is 11.3 Å². The molecule has 0 saturated carbocycles. The van der Waals surface area contributed by atoms with Crippen LogP contribution in [0.1, 0.15) is 48.3 Å². The van der Waals surface area contributed by atoms with E-state index in [1.165, 1.54) is 6.42 Å². The molecule has 0 atom stereocenters. The van der Waals surface area contributed by atoms with E-state index in [2.05, 4.69) is 20.1 Å². The van der Waals surface area contributed by atoms with Gasteiger partial charge in [-0.3, -0.25) is 9.59 Å². The van der Waals surface area contributed by atoms with Crippen LogP contribution in [0.25, 0.3) is 11.4 Å². The van der Waals surface area contributed by atoms with Crippen molar-refractivity contribution in [3.05, 3.63) is 59.9 Å². The second kappa shape index (κ2) is 8.34. The zero-order valence-electron chi connectivity index (χ0n) is 17.4. The molecule has 1 fully saturated rings. The van der Waals surface area contributed by atoms with E-state index in [9.17, 15) is 9.59 Å². The van der Waals surface area contributed by atoms with Crippen LogP contribution in [-0.4, -0.2) is 33.1 Å². The minimum atomic E-state index is -0.223. The zero-order chi connectivity index (χ0) is 21.2. The topological polar surface area (TPSA) is 80.1 Å². The molecule has 0 radical (unpaired) electrons. The number of nitrogens with one attached hydrogen (secondary N) is 1. The maximum Gasteiger partial charge on any atom is 0.257 e. The van der Waals surface area contributed by atoms with Crippen LogP contribution in [0.15, 0.2) is 48.5 Å². The van der Waals surface area contributed by atoms with E-state index in [-0.39, 0.29) is 11.8 Å². The molecule has 2 aliphatic heterocycles. The van der Waals surface area contributed by atoms with Gasteiger partial charge in [0.1, 0.15) is 5.82 Å². The molecule has 1 N–H and O–H groups in total. The number of rotatable bonds is 4. The van der Waals surface area contributed by atoms with E-state index >= 15 is 0 Å². The van der Waals surface area contributed by atoms with E-state index in [0.717, 1.165) is 49.4 Å². The van der Waals surface area contributed by atoms with Crippen molar-refractivity contribution in [2.24, 2.45) is 0 Å². The molecule has 2 amide bonds. The Morgan fingerprint density at radius 1 is 0.871 bits per heavy atom. The molecular formula is C24H25N5O2. The summed E-state index contributed by atoms with van der Waals surface area (Å²) < 4.78 is 2.21. The number of benzene rings is 2. The molecule has 2 aliphatic rings. The van der Waals surface area contributed by atoms with Gasteiger partial charge >= 0.3 is 0 Å². The average Bonchev–Trinajstić information content (AvgIpc) is 3.33. The fourth-order valence-electron chi connectivity index (χ4n) is 4.40. The number of fused-ring (bicyclic) bond motifs is 1. The van der Waals surface area contributed by atoms with Crippen molar-refractivity contribution >= 4 is 23.2 Å². The van der Waals surface area contributed by atoms with Gasteiger partial charge in [-0.15, -0.1) is 10.2 Å². The summed E-state index contributed by atoms with van der Waals surface area (Å²) in [5.74, 6) is 1.78. The summed E-state index contributed by atoms with van der Waals surface area (Å²) in [6.07, 6.45) is 5.85. The Morgan fingerprint density at radius 3 is 2.52 bits per heavy atom. The summed E-state index contributed by atoms with van der Waals surface area (Å²) in [5.41, 5.74) is 2.86. The van der Waals surface area contributed by atoms with E-state index < -0.39 is 0 Å². The minimum Gasteiger partial charge on any atom is -0.322 e. The highest BCUT2D eigenvalue weighted by molar-refractivity contribution is 6.11. The van der Waals surface area contributed by atoms with Crippen LogP contribution in [0, 0.1) is 0 Å². The smallest absolute Gasteiger partial charge is 0.257 e. The van der Waals surface area contributed by atoms with Crippen molar-refractivity contribution in [1.29, 1.82) is 0 Å². The highest BCUT2D eigenvalue weighted by Gasteiger charge is 2.25. The van der Waals surface area contributed by atoms with E-state index in [4.69, 9.17) is 0 Å². The quantitative estimate of drug-likeness (QED) is 0.697. The zero-order valence-corrected chi connectivity index (χ0v) is 17.4. The van der Waals surface area contributed by atoms with Crippen LogP contribution in [0.5, 0.6) is 0 Å². The molecule has 7 heteroatoms. The Hall–Kier alpha value is -3.48. The van der Waals surface area contributed by atoms with Gasteiger partial charge in [-0.2, -0.15) is 0 Å². The number of carbonyl (C=O) groups excluding carboxylic acids is 2. The van der Waals surface area contributed by atoms with Gasteiger partial charge < -0.3 is 14.8 Å². The predicted octanol–water partition coefficient (Wildman–Crippen LogP) is 4.05. The number of hydrogen-bond acceptors (Lipinski definition) is 4. The van der Waals surface area contributed by atoms with Crippen molar-refractivity contribution in [2.45, 2.75) is 45.1 Å². The van der Waals surface area contributed by atoms with Crippen molar-refractivity contribution < 1.29 is 9.59 Å². The maximum atomic E-state index is 13.0. The van der Waals surface area contributed by atoms with Gasteiger partial charge in [0.25, 0.3) is 5.91 Å². The van der Waals surface area contributed by atoms with Crippen LogP contribution in [0.4, 0.5) is 11.4 Å². The first-order valence-corrected chi connectivity index (χ1v) is 10.9. The largest absolute Gasteiger partial charge is 0.322 e. The van der Waals surface area contributed by atoms with Gasteiger partial charge in [0.2, 0.25) is 5.91 Å². The van der Waals surface area contributed by atoms with Gasteiger partial charge in [0, 0.05) is 37.2 Å². The van der Waals surface area contributed by atoms with Crippen LogP contribution in [-0.2, 0) is 17.8 Å². The molecule has 1 aromatic heterocycles. The van der Waals surface area contributed by atoms with Crippen molar-refractivity contribution in [2.75, 3.05) is 16.8 Å². The molecule has 7 nitrogen and oxygen atoms in total. The third-order valence-corrected chi connectivity index (χ3v) is 6.02. The number of aromatic nitrogens is 3. The van der Waals surface area contributed by atoms with Crippen molar-refractivity contribution in [3.8, 4) is 11.4 Å². The fraction of sp³-hybridized carbons (Fsp3) is 0.333. The summed E-state index contributed by atoms with van der Waals surface area (Å²) in [5, 5.41) is 11.7. The molecule has 0 bridgehead atoms. The SMILES string of the molecule is O=C(Nc1ccc(-c2nnc3n2CCCCC3)cc1)c1ccccc1N1CCCC1=O. The first-order chi connectivity index (χ1) is 15.2. The number of para-hydroxylation sites is 1. The highest BCUT2D eigenvalue weighted by atomic mass is 16.2. The molecule has 2 aromatic carbocycles. The lowest BCUT2D eigenvalue weighted by Crippen LogP contribution is -2.27. The van der Waals surface area contributed by atoms with Gasteiger partial charge in [-0.25, -0.2) is 0 Å². The normalized spacial score (nSPS) is 16.1. The molecule has 0 aliphatic carbocycles. The standard InChI is InChI=1S/C24H25N5O2/c30-22-10-6-16-28(22)20-8-4-3-7-19(20)24(31)25-18-13-11-17(12-14-18)23-27-26-21-9-2-1-5-15-29(21)23/h3-4,7-8,11-14H,1-2,5-6,9-10,15-16H2,(H,25,31). The van der Waals surface area contributed by atoms with E-state index in [0.29, 0.717) is 29.9 Å². The Kier molecular flexibility index (Phi) is 5.24. The second-order valence-corrected chi connectivity index (χ2v) is 8.10. The molecule has 0 spiro atoms. The van der Waals surface area contributed by atoms with E-state index in [1.54, 1.807) is 11.0 Å². The lowest BCUT2D eigenvalue weighted by atomic mass is 10.1. The van der Waals surface area contributed by atoms with E-state index in [1.807, 2.05) is 42.5 Å². The average molecular weight is 415 g/mol. The molecule has 5 rings (SSSR count). The lowest BCUT2D eigenvalue weighted by molar-refractivity contribution is -0.117. The first kappa shape index (κ1) is 19.5. The predicted molar refractivity (Wildman–Crippen MR) is 119 cm³/mol. The fourth-order valence-corrected chi connectivity index (χ4v) is 4.40. The minimum absolute atomic E-state index is 0.0667. The Bertz CT molecular complexity index is 1120. The van der Waals surface area contributed by atoms with Gasteiger partial charge in [0.15, 0.2) is 5.82 Å². The molecule has 3 aromatic rings. The molecule has 0 unspecified atom stereocenters. The molecule has 3 heterocycles. The maximum absolute atomic E-state index is 13.0. The number of hydrogen-bond donors (Lipinski definition) is 1. The molecule has 31 heavy (non-hydrogen) atoms. The van der Waals surface area contributed by atoms with Crippen LogP contribution in [0.2, 0.25) is 0 Å². The number of aryl methyl sites for hydroxylation is 1. The van der Waals surface area contributed by atoms with Gasteiger partial charge in [-0.05, 0) is 55.7 Å². The second-order valence-electron chi connectivity index (χ2n) is 8.10. The third-order valence-electron chi connectivity index (χ3n) is 6.02. The molecular weight excluding hydrogens is 390 g/mol. The Labute approximate surface area is 181 Å². The monoisotopic (exact) mass is 415 g/mol. The molecule has 1 saturated heterocycles. The van der Waals surface area contributed by atoms with Crippen molar-refractivity contribution in [1.82, 2.24) is 14.8 Å². The first-order valence-electron chi connectivity index (χ1n) is 10.9. The molecule has 158 valence electrons.